The number of thioether (sulfide) groups is 1. The third-order valence-electron chi connectivity index (χ3n) is 2.94. The van der Waals surface area contributed by atoms with Crippen LogP contribution in [0.2, 0.25) is 0 Å². The first kappa shape index (κ1) is 14.8. The normalized spacial score (nSPS) is 10.6. The summed E-state index contributed by atoms with van der Waals surface area (Å²) in [6.45, 7) is 3.72. The van der Waals surface area contributed by atoms with Gasteiger partial charge in [-0.1, -0.05) is 48.1 Å². The summed E-state index contributed by atoms with van der Waals surface area (Å²) in [4.78, 5) is 4.05. The Hall–Kier alpha value is -2.11. The van der Waals surface area contributed by atoms with Crippen LogP contribution in [0.15, 0.2) is 71.6 Å². The topological polar surface area (TPSA) is 43.6 Å². The fourth-order valence-corrected chi connectivity index (χ4v) is 2.87. The van der Waals surface area contributed by atoms with Crippen molar-refractivity contribution in [3.8, 4) is 17.1 Å². The van der Waals surface area contributed by atoms with Crippen molar-refractivity contribution in [1.82, 2.24) is 19.7 Å². The molecule has 2 heterocycles. The van der Waals surface area contributed by atoms with E-state index in [2.05, 4.69) is 21.8 Å². The fourth-order valence-electron chi connectivity index (χ4n) is 2.00. The molecule has 0 fully saturated rings. The Morgan fingerprint density at radius 2 is 1.82 bits per heavy atom. The highest BCUT2D eigenvalue weighted by atomic mass is 35.5. The summed E-state index contributed by atoms with van der Waals surface area (Å²) in [5, 5.41) is 9.99. The minimum atomic E-state index is 0.582. The third-order valence-corrected chi connectivity index (χ3v) is 4.25. The molecule has 0 unspecified atom stereocenters. The van der Waals surface area contributed by atoms with Crippen molar-refractivity contribution in [2.45, 2.75) is 5.16 Å². The van der Waals surface area contributed by atoms with Crippen LogP contribution in [-0.2, 0) is 0 Å². The van der Waals surface area contributed by atoms with Crippen molar-refractivity contribution in [2.75, 3.05) is 5.75 Å². The number of halogens is 1. The molecule has 0 bridgehead atoms. The highest BCUT2D eigenvalue weighted by Crippen LogP contribution is 2.28. The average molecular weight is 329 g/mol. The third kappa shape index (κ3) is 3.21. The summed E-state index contributed by atoms with van der Waals surface area (Å²) in [5.41, 5.74) is 1.96. The van der Waals surface area contributed by atoms with E-state index >= 15 is 0 Å². The maximum atomic E-state index is 5.87. The molecular weight excluding hydrogens is 316 g/mol. The number of pyridine rings is 1. The van der Waals surface area contributed by atoms with Gasteiger partial charge in [-0.05, 0) is 24.3 Å². The number of para-hydroxylation sites is 1. The first-order valence-electron chi connectivity index (χ1n) is 6.63. The lowest BCUT2D eigenvalue weighted by atomic mass is 10.2. The first-order valence-corrected chi connectivity index (χ1v) is 7.99. The van der Waals surface area contributed by atoms with E-state index in [0.29, 0.717) is 10.8 Å². The first-order chi connectivity index (χ1) is 10.8. The zero-order chi connectivity index (χ0) is 15.4. The largest absolute Gasteiger partial charge is 0.270 e. The maximum absolute atomic E-state index is 5.87. The zero-order valence-corrected chi connectivity index (χ0v) is 13.3. The summed E-state index contributed by atoms with van der Waals surface area (Å²) < 4.78 is 2.01. The van der Waals surface area contributed by atoms with Crippen molar-refractivity contribution in [2.24, 2.45) is 0 Å². The van der Waals surface area contributed by atoms with Gasteiger partial charge in [0.05, 0.1) is 0 Å². The van der Waals surface area contributed by atoms with E-state index in [0.717, 1.165) is 22.2 Å². The van der Waals surface area contributed by atoms with Gasteiger partial charge in [0.1, 0.15) is 0 Å². The van der Waals surface area contributed by atoms with Crippen molar-refractivity contribution < 1.29 is 0 Å². The van der Waals surface area contributed by atoms with Gasteiger partial charge in [-0.3, -0.25) is 9.55 Å². The monoisotopic (exact) mass is 328 g/mol. The average Bonchev–Trinajstić information content (AvgIpc) is 2.98. The predicted octanol–water partition coefficient (Wildman–Crippen LogP) is 4.17. The molecule has 0 saturated heterocycles. The lowest BCUT2D eigenvalue weighted by molar-refractivity contribution is 0.887. The minimum absolute atomic E-state index is 0.582. The van der Waals surface area contributed by atoms with Gasteiger partial charge in [0.15, 0.2) is 11.0 Å². The van der Waals surface area contributed by atoms with Gasteiger partial charge in [-0.2, -0.15) is 0 Å². The molecule has 6 heteroatoms. The summed E-state index contributed by atoms with van der Waals surface area (Å²) in [6.07, 6.45) is 3.49. The molecule has 0 aliphatic rings. The van der Waals surface area contributed by atoms with E-state index in [9.17, 15) is 0 Å². The lowest BCUT2D eigenvalue weighted by Crippen LogP contribution is -1.99. The van der Waals surface area contributed by atoms with Gasteiger partial charge >= 0.3 is 0 Å². The second kappa shape index (κ2) is 6.77. The highest BCUT2D eigenvalue weighted by Gasteiger charge is 2.15. The van der Waals surface area contributed by atoms with Crippen LogP contribution in [0.1, 0.15) is 0 Å². The van der Waals surface area contributed by atoms with E-state index in [4.69, 9.17) is 11.6 Å². The van der Waals surface area contributed by atoms with E-state index < -0.39 is 0 Å². The molecule has 1 aromatic carbocycles. The zero-order valence-electron chi connectivity index (χ0n) is 11.7. The van der Waals surface area contributed by atoms with Gasteiger partial charge in [-0.25, -0.2) is 0 Å². The van der Waals surface area contributed by atoms with Gasteiger partial charge in [0.25, 0.3) is 0 Å². The van der Waals surface area contributed by atoms with Crippen molar-refractivity contribution in [3.63, 3.8) is 0 Å². The molecule has 2 aromatic heterocycles. The highest BCUT2D eigenvalue weighted by molar-refractivity contribution is 7.99. The Kier molecular flexibility index (Phi) is 4.56. The van der Waals surface area contributed by atoms with E-state index in [1.165, 1.54) is 11.8 Å². The van der Waals surface area contributed by atoms with Crippen LogP contribution in [0.5, 0.6) is 0 Å². The Labute approximate surface area is 137 Å². The number of hydrogen-bond donors (Lipinski definition) is 0. The minimum Gasteiger partial charge on any atom is -0.270 e. The molecule has 0 radical (unpaired) electrons. The summed E-state index contributed by atoms with van der Waals surface area (Å²) in [6, 6.07) is 13.8. The second-order valence-corrected chi connectivity index (χ2v) is 6.00. The van der Waals surface area contributed by atoms with Crippen LogP contribution < -0.4 is 0 Å². The van der Waals surface area contributed by atoms with Crippen molar-refractivity contribution in [3.05, 3.63) is 66.5 Å². The van der Waals surface area contributed by atoms with Gasteiger partial charge < -0.3 is 0 Å². The maximum Gasteiger partial charge on any atom is 0.196 e. The van der Waals surface area contributed by atoms with Crippen LogP contribution in [0.25, 0.3) is 17.1 Å². The van der Waals surface area contributed by atoms with Crippen LogP contribution in [0, 0.1) is 0 Å². The Balaban J connectivity index is 2.09. The van der Waals surface area contributed by atoms with Gasteiger partial charge in [0.2, 0.25) is 0 Å². The SMILES string of the molecule is C=C(Cl)CSc1nnc(-c2ccncc2)n1-c1ccccc1. The number of rotatable bonds is 5. The molecule has 3 rings (SSSR count). The molecule has 0 spiro atoms. The number of aromatic nitrogens is 4. The smallest absolute Gasteiger partial charge is 0.196 e. The summed E-state index contributed by atoms with van der Waals surface area (Å²) in [7, 11) is 0. The Bertz CT molecular complexity index is 771. The standard InChI is InChI=1S/C16H13ClN4S/c1-12(17)11-22-16-20-19-15(13-7-9-18-10-8-13)21(16)14-5-3-2-4-6-14/h2-10H,1,11H2. The number of hydrogen-bond acceptors (Lipinski definition) is 4. The fraction of sp³-hybridized carbons (Fsp3) is 0.0625. The molecule has 0 aliphatic heterocycles. The Morgan fingerprint density at radius 3 is 2.50 bits per heavy atom. The quantitative estimate of drug-likeness (QED) is 0.659. The molecule has 0 amide bonds. The molecule has 0 atom stereocenters. The van der Waals surface area contributed by atoms with Gasteiger partial charge in [0, 0.05) is 34.4 Å². The van der Waals surface area contributed by atoms with Gasteiger partial charge in [-0.15, -0.1) is 10.2 Å². The number of nitrogens with zero attached hydrogens (tertiary/aromatic N) is 4. The molecule has 0 N–H and O–H groups in total. The van der Waals surface area contributed by atoms with E-state index in [1.54, 1.807) is 12.4 Å². The van der Waals surface area contributed by atoms with E-state index in [1.807, 2.05) is 47.0 Å². The molecule has 0 aliphatic carbocycles. The molecule has 3 aromatic rings. The lowest BCUT2D eigenvalue weighted by Gasteiger charge is -2.09. The molecule has 4 nitrogen and oxygen atoms in total. The van der Waals surface area contributed by atoms with Crippen LogP contribution in [0.4, 0.5) is 0 Å². The Morgan fingerprint density at radius 1 is 1.09 bits per heavy atom. The molecule has 22 heavy (non-hydrogen) atoms. The molecule has 110 valence electrons. The van der Waals surface area contributed by atoms with Crippen LogP contribution in [-0.4, -0.2) is 25.5 Å². The second-order valence-electron chi connectivity index (χ2n) is 4.52. The van der Waals surface area contributed by atoms with Crippen molar-refractivity contribution in [1.29, 1.82) is 0 Å². The van der Waals surface area contributed by atoms with Crippen molar-refractivity contribution >= 4 is 23.4 Å². The summed E-state index contributed by atoms with van der Waals surface area (Å²) >= 11 is 7.38. The molecule has 0 saturated carbocycles. The van der Waals surface area contributed by atoms with Crippen LogP contribution in [0.3, 0.4) is 0 Å². The summed E-state index contributed by atoms with van der Waals surface area (Å²) in [5.74, 6) is 1.36. The van der Waals surface area contributed by atoms with E-state index in [-0.39, 0.29) is 0 Å². The van der Waals surface area contributed by atoms with Crippen LogP contribution >= 0.6 is 23.4 Å². The predicted molar refractivity (Wildman–Crippen MR) is 90.3 cm³/mol. The number of benzene rings is 1. The molecular formula is C16H13ClN4S.